The van der Waals surface area contributed by atoms with Crippen molar-refractivity contribution in [2.75, 3.05) is 6.54 Å². The number of nitrogens with zero attached hydrogens (tertiary/aromatic N) is 1. The van der Waals surface area contributed by atoms with E-state index in [0.29, 0.717) is 6.54 Å². The summed E-state index contributed by atoms with van der Waals surface area (Å²) in [6.07, 6.45) is 4.46. The lowest BCUT2D eigenvalue weighted by molar-refractivity contribution is -0.123. The highest BCUT2D eigenvalue weighted by molar-refractivity contribution is 5.91. The predicted octanol–water partition coefficient (Wildman–Crippen LogP) is 2.78. The van der Waals surface area contributed by atoms with Crippen molar-refractivity contribution in [3.05, 3.63) is 65.5 Å². The highest BCUT2D eigenvalue weighted by atomic mass is 16.2. The van der Waals surface area contributed by atoms with Crippen LogP contribution in [0.15, 0.2) is 48.7 Å². The fourth-order valence-electron chi connectivity index (χ4n) is 2.73. The molecule has 0 radical (unpaired) electrons. The SMILES string of the molecule is Cc1cccc(C2(C(=O)NCCc3ccccn3)CC2)c1. The van der Waals surface area contributed by atoms with Crippen LogP contribution in [0, 0.1) is 6.92 Å². The number of carbonyl (C=O) groups excluding carboxylic acids is 1. The van der Waals surface area contributed by atoms with Crippen molar-refractivity contribution in [1.29, 1.82) is 0 Å². The maximum absolute atomic E-state index is 12.5. The Morgan fingerprint density at radius 1 is 1.24 bits per heavy atom. The molecule has 0 atom stereocenters. The van der Waals surface area contributed by atoms with Crippen molar-refractivity contribution in [3.63, 3.8) is 0 Å². The first-order valence-electron chi connectivity index (χ1n) is 7.46. The molecule has 0 bridgehead atoms. The van der Waals surface area contributed by atoms with Crippen LogP contribution in [0.2, 0.25) is 0 Å². The summed E-state index contributed by atoms with van der Waals surface area (Å²) in [5.74, 6) is 0.157. The largest absolute Gasteiger partial charge is 0.355 e. The molecule has 3 rings (SSSR count). The van der Waals surface area contributed by atoms with Gasteiger partial charge in [0.1, 0.15) is 0 Å². The topological polar surface area (TPSA) is 42.0 Å². The Kier molecular flexibility index (Phi) is 3.74. The van der Waals surface area contributed by atoms with E-state index in [-0.39, 0.29) is 11.3 Å². The van der Waals surface area contributed by atoms with Gasteiger partial charge in [-0.1, -0.05) is 35.9 Å². The van der Waals surface area contributed by atoms with Crippen LogP contribution in [0.5, 0.6) is 0 Å². The first-order valence-corrected chi connectivity index (χ1v) is 7.46. The molecule has 1 amide bonds. The highest BCUT2D eigenvalue weighted by Crippen LogP contribution is 2.48. The molecule has 108 valence electrons. The second-order valence-electron chi connectivity index (χ2n) is 5.78. The molecule has 1 saturated carbocycles. The van der Waals surface area contributed by atoms with Crippen LogP contribution in [0.4, 0.5) is 0 Å². The number of nitrogens with one attached hydrogen (secondary N) is 1. The predicted molar refractivity (Wildman–Crippen MR) is 83.0 cm³/mol. The molecule has 1 aliphatic carbocycles. The lowest BCUT2D eigenvalue weighted by Crippen LogP contribution is -2.36. The second-order valence-corrected chi connectivity index (χ2v) is 5.78. The minimum Gasteiger partial charge on any atom is -0.355 e. The fraction of sp³-hybridized carbons (Fsp3) is 0.333. The van der Waals surface area contributed by atoms with Gasteiger partial charge in [0.15, 0.2) is 0 Å². The zero-order valence-corrected chi connectivity index (χ0v) is 12.3. The Balaban J connectivity index is 1.60. The molecule has 1 heterocycles. The Morgan fingerprint density at radius 2 is 2.10 bits per heavy atom. The van der Waals surface area contributed by atoms with Crippen LogP contribution in [-0.2, 0) is 16.6 Å². The number of aromatic nitrogens is 1. The Bertz CT molecular complexity index is 633. The summed E-state index contributed by atoms with van der Waals surface area (Å²) in [6.45, 7) is 2.71. The molecular weight excluding hydrogens is 260 g/mol. The summed E-state index contributed by atoms with van der Waals surface area (Å²) in [5, 5.41) is 3.07. The van der Waals surface area contributed by atoms with E-state index in [1.54, 1.807) is 6.20 Å². The number of benzene rings is 1. The van der Waals surface area contributed by atoms with Gasteiger partial charge in [0.05, 0.1) is 5.41 Å². The van der Waals surface area contributed by atoms with Gasteiger partial charge in [0, 0.05) is 24.9 Å². The van der Waals surface area contributed by atoms with Crippen LogP contribution in [0.25, 0.3) is 0 Å². The van der Waals surface area contributed by atoms with E-state index in [1.165, 1.54) is 5.56 Å². The molecule has 0 unspecified atom stereocenters. The number of hydrogen-bond acceptors (Lipinski definition) is 2. The van der Waals surface area contributed by atoms with E-state index in [2.05, 4.69) is 35.4 Å². The van der Waals surface area contributed by atoms with E-state index in [0.717, 1.165) is 30.5 Å². The standard InChI is InChI=1S/C18H20N2O/c1-14-5-4-6-15(13-14)18(9-10-18)17(21)20-12-8-16-7-2-3-11-19-16/h2-7,11,13H,8-10,12H2,1H3,(H,20,21). The summed E-state index contributed by atoms with van der Waals surface area (Å²) in [4.78, 5) is 16.8. The first kappa shape index (κ1) is 13.8. The number of rotatable bonds is 5. The molecule has 1 N–H and O–H groups in total. The summed E-state index contributed by atoms with van der Waals surface area (Å²) in [5.41, 5.74) is 3.09. The summed E-state index contributed by atoms with van der Waals surface area (Å²) in [6, 6.07) is 14.2. The molecular formula is C18H20N2O. The first-order chi connectivity index (χ1) is 10.2. The van der Waals surface area contributed by atoms with Crippen LogP contribution < -0.4 is 5.32 Å². The van der Waals surface area contributed by atoms with Crippen molar-refractivity contribution in [2.24, 2.45) is 0 Å². The number of amides is 1. The Labute approximate surface area is 125 Å². The number of carbonyl (C=O) groups is 1. The zero-order valence-electron chi connectivity index (χ0n) is 12.3. The smallest absolute Gasteiger partial charge is 0.230 e. The van der Waals surface area contributed by atoms with Crippen LogP contribution in [0.3, 0.4) is 0 Å². The second kappa shape index (κ2) is 5.68. The third-order valence-electron chi connectivity index (χ3n) is 4.15. The minimum absolute atomic E-state index is 0.157. The Morgan fingerprint density at radius 3 is 2.76 bits per heavy atom. The molecule has 1 aromatic carbocycles. The van der Waals surface area contributed by atoms with Gasteiger partial charge in [-0.15, -0.1) is 0 Å². The van der Waals surface area contributed by atoms with Crippen molar-refractivity contribution in [3.8, 4) is 0 Å². The summed E-state index contributed by atoms with van der Waals surface area (Å²) >= 11 is 0. The number of hydrogen-bond donors (Lipinski definition) is 1. The third kappa shape index (κ3) is 2.97. The maximum atomic E-state index is 12.5. The fourth-order valence-corrected chi connectivity index (χ4v) is 2.73. The van der Waals surface area contributed by atoms with Crippen molar-refractivity contribution < 1.29 is 4.79 Å². The van der Waals surface area contributed by atoms with Gasteiger partial charge in [-0.2, -0.15) is 0 Å². The van der Waals surface area contributed by atoms with Gasteiger partial charge in [-0.3, -0.25) is 9.78 Å². The molecule has 3 heteroatoms. The van der Waals surface area contributed by atoms with Gasteiger partial charge in [-0.05, 0) is 37.5 Å². The van der Waals surface area contributed by atoms with Crippen LogP contribution in [0.1, 0.15) is 29.7 Å². The van der Waals surface area contributed by atoms with E-state index in [4.69, 9.17) is 0 Å². The normalized spacial score (nSPS) is 15.5. The van der Waals surface area contributed by atoms with Gasteiger partial charge in [-0.25, -0.2) is 0 Å². The molecule has 21 heavy (non-hydrogen) atoms. The molecule has 1 fully saturated rings. The molecule has 0 spiro atoms. The highest BCUT2D eigenvalue weighted by Gasteiger charge is 2.50. The Hall–Kier alpha value is -2.16. The summed E-state index contributed by atoms with van der Waals surface area (Å²) < 4.78 is 0. The quantitative estimate of drug-likeness (QED) is 0.915. The van der Waals surface area contributed by atoms with Gasteiger partial charge < -0.3 is 5.32 Å². The minimum atomic E-state index is -0.282. The van der Waals surface area contributed by atoms with Crippen molar-refractivity contribution in [1.82, 2.24) is 10.3 Å². The van der Waals surface area contributed by atoms with E-state index < -0.39 is 0 Å². The van der Waals surface area contributed by atoms with E-state index in [1.807, 2.05) is 24.3 Å². The average Bonchev–Trinajstić information content (AvgIpc) is 3.30. The van der Waals surface area contributed by atoms with Gasteiger partial charge in [0.2, 0.25) is 5.91 Å². The van der Waals surface area contributed by atoms with Crippen molar-refractivity contribution in [2.45, 2.75) is 31.6 Å². The van der Waals surface area contributed by atoms with E-state index >= 15 is 0 Å². The van der Waals surface area contributed by atoms with Crippen molar-refractivity contribution >= 4 is 5.91 Å². The molecule has 2 aromatic rings. The number of aryl methyl sites for hydroxylation is 1. The zero-order chi connectivity index (χ0) is 14.7. The monoisotopic (exact) mass is 280 g/mol. The maximum Gasteiger partial charge on any atom is 0.230 e. The van der Waals surface area contributed by atoms with Crippen LogP contribution in [-0.4, -0.2) is 17.4 Å². The van der Waals surface area contributed by atoms with Gasteiger partial charge >= 0.3 is 0 Å². The molecule has 3 nitrogen and oxygen atoms in total. The lowest BCUT2D eigenvalue weighted by Gasteiger charge is -2.16. The van der Waals surface area contributed by atoms with E-state index in [9.17, 15) is 4.79 Å². The molecule has 1 aliphatic rings. The lowest BCUT2D eigenvalue weighted by atomic mass is 9.93. The van der Waals surface area contributed by atoms with Gasteiger partial charge in [0.25, 0.3) is 0 Å². The third-order valence-corrected chi connectivity index (χ3v) is 4.15. The van der Waals surface area contributed by atoms with Crippen LogP contribution >= 0.6 is 0 Å². The summed E-state index contributed by atoms with van der Waals surface area (Å²) in [7, 11) is 0. The number of pyridine rings is 1. The molecule has 0 aliphatic heterocycles. The molecule has 1 aromatic heterocycles. The molecule has 0 saturated heterocycles. The average molecular weight is 280 g/mol.